The highest BCUT2D eigenvalue weighted by molar-refractivity contribution is 7.12. The number of anilines is 1. The summed E-state index contributed by atoms with van der Waals surface area (Å²) in [5, 5.41) is 10.6. The molecule has 2 aromatic heterocycles. The van der Waals surface area contributed by atoms with Gasteiger partial charge in [-0.15, -0.1) is 11.3 Å². The van der Waals surface area contributed by atoms with Crippen molar-refractivity contribution in [2.24, 2.45) is 0 Å². The largest absolute Gasteiger partial charge is 0.481 e. The van der Waals surface area contributed by atoms with Crippen LogP contribution in [0.2, 0.25) is 0 Å². The SMILES string of the molecule is Cc1cccnc1N(CCC(=O)O)C(=O)c1cccs1. The smallest absolute Gasteiger partial charge is 0.305 e. The van der Waals surface area contributed by atoms with Crippen molar-refractivity contribution in [1.29, 1.82) is 0 Å². The first-order valence-electron chi connectivity index (χ1n) is 6.08. The van der Waals surface area contributed by atoms with E-state index in [1.807, 2.05) is 18.4 Å². The van der Waals surface area contributed by atoms with Gasteiger partial charge in [-0.3, -0.25) is 14.5 Å². The third kappa shape index (κ3) is 3.21. The van der Waals surface area contributed by atoms with Crippen molar-refractivity contribution in [1.82, 2.24) is 4.98 Å². The average molecular weight is 290 g/mol. The number of carbonyl (C=O) groups excluding carboxylic acids is 1. The van der Waals surface area contributed by atoms with Gasteiger partial charge in [-0.25, -0.2) is 4.98 Å². The lowest BCUT2D eigenvalue weighted by Crippen LogP contribution is -2.33. The molecule has 0 aliphatic rings. The van der Waals surface area contributed by atoms with Crippen LogP contribution >= 0.6 is 11.3 Å². The first kappa shape index (κ1) is 14.2. The van der Waals surface area contributed by atoms with Crippen LogP contribution in [0.15, 0.2) is 35.8 Å². The summed E-state index contributed by atoms with van der Waals surface area (Å²) in [4.78, 5) is 29.4. The van der Waals surface area contributed by atoms with Gasteiger partial charge in [0.25, 0.3) is 5.91 Å². The molecule has 0 fully saturated rings. The van der Waals surface area contributed by atoms with Crippen molar-refractivity contribution >= 4 is 29.0 Å². The van der Waals surface area contributed by atoms with E-state index in [0.29, 0.717) is 10.7 Å². The van der Waals surface area contributed by atoms with Crippen molar-refractivity contribution in [3.05, 3.63) is 46.3 Å². The van der Waals surface area contributed by atoms with Crippen LogP contribution in [-0.2, 0) is 4.79 Å². The second kappa shape index (κ2) is 6.29. The molecule has 0 unspecified atom stereocenters. The number of nitrogens with zero attached hydrogens (tertiary/aromatic N) is 2. The maximum Gasteiger partial charge on any atom is 0.305 e. The number of aryl methyl sites for hydroxylation is 1. The number of carbonyl (C=O) groups is 2. The molecular formula is C14H14N2O3S. The summed E-state index contributed by atoms with van der Waals surface area (Å²) < 4.78 is 0. The molecular weight excluding hydrogens is 276 g/mol. The van der Waals surface area contributed by atoms with Gasteiger partial charge in [-0.1, -0.05) is 12.1 Å². The lowest BCUT2D eigenvalue weighted by molar-refractivity contribution is -0.136. The third-order valence-electron chi connectivity index (χ3n) is 2.76. The van der Waals surface area contributed by atoms with Crippen LogP contribution in [0, 0.1) is 6.92 Å². The second-order valence-corrected chi connectivity index (χ2v) is 5.17. The maximum absolute atomic E-state index is 12.5. The second-order valence-electron chi connectivity index (χ2n) is 4.22. The molecule has 1 N–H and O–H groups in total. The molecule has 5 nitrogen and oxygen atoms in total. The van der Waals surface area contributed by atoms with Gasteiger partial charge < -0.3 is 5.11 Å². The summed E-state index contributed by atoms with van der Waals surface area (Å²) in [6, 6.07) is 7.14. The van der Waals surface area contributed by atoms with Crippen LogP contribution in [0.4, 0.5) is 5.82 Å². The van der Waals surface area contributed by atoms with Crippen LogP contribution < -0.4 is 4.90 Å². The summed E-state index contributed by atoms with van der Waals surface area (Å²) in [5.41, 5.74) is 0.836. The van der Waals surface area contributed by atoms with Gasteiger partial charge in [-0.2, -0.15) is 0 Å². The lowest BCUT2D eigenvalue weighted by atomic mass is 10.2. The Balaban J connectivity index is 2.32. The van der Waals surface area contributed by atoms with Crippen LogP contribution in [0.5, 0.6) is 0 Å². The molecule has 20 heavy (non-hydrogen) atoms. The van der Waals surface area contributed by atoms with Gasteiger partial charge in [0.2, 0.25) is 0 Å². The van der Waals surface area contributed by atoms with E-state index in [2.05, 4.69) is 4.98 Å². The molecule has 0 atom stereocenters. The molecule has 0 saturated carbocycles. The van der Waals surface area contributed by atoms with E-state index >= 15 is 0 Å². The predicted octanol–water partition coefficient (Wildman–Crippen LogP) is 2.57. The molecule has 0 bridgehead atoms. The summed E-state index contributed by atoms with van der Waals surface area (Å²) in [7, 11) is 0. The number of carboxylic acid groups (broad SMARTS) is 1. The van der Waals surface area contributed by atoms with Crippen LogP contribution in [0.1, 0.15) is 21.7 Å². The van der Waals surface area contributed by atoms with E-state index in [1.165, 1.54) is 16.2 Å². The molecule has 0 aromatic carbocycles. The van der Waals surface area contributed by atoms with Gasteiger partial charge in [0.1, 0.15) is 5.82 Å². The fraction of sp³-hybridized carbons (Fsp3) is 0.214. The minimum absolute atomic E-state index is 0.101. The van der Waals surface area contributed by atoms with Crippen molar-refractivity contribution < 1.29 is 14.7 Å². The summed E-state index contributed by atoms with van der Waals surface area (Å²) >= 11 is 1.33. The highest BCUT2D eigenvalue weighted by atomic mass is 32.1. The molecule has 0 saturated heterocycles. The van der Waals surface area contributed by atoms with E-state index in [4.69, 9.17) is 5.11 Å². The molecule has 2 heterocycles. The van der Waals surface area contributed by atoms with E-state index in [1.54, 1.807) is 24.4 Å². The van der Waals surface area contributed by atoms with Crippen molar-refractivity contribution in [3.8, 4) is 0 Å². The summed E-state index contributed by atoms with van der Waals surface area (Å²) in [5.74, 6) is -0.655. The number of amides is 1. The number of aliphatic carboxylic acids is 1. The van der Waals surface area contributed by atoms with Crippen LogP contribution in [-0.4, -0.2) is 28.5 Å². The number of rotatable bonds is 5. The Kier molecular flexibility index (Phi) is 4.47. The number of carboxylic acids is 1. The standard InChI is InChI=1S/C14H14N2O3S/c1-10-4-2-7-15-13(10)16(8-6-12(17)18)14(19)11-5-3-9-20-11/h2-5,7,9H,6,8H2,1H3,(H,17,18). The van der Waals surface area contributed by atoms with Gasteiger partial charge >= 0.3 is 5.97 Å². The molecule has 0 aliphatic heterocycles. The van der Waals surface area contributed by atoms with E-state index in [9.17, 15) is 9.59 Å². The minimum atomic E-state index is -0.942. The quantitative estimate of drug-likeness (QED) is 0.918. The lowest BCUT2D eigenvalue weighted by Gasteiger charge is -2.22. The van der Waals surface area contributed by atoms with Gasteiger partial charge in [0.05, 0.1) is 11.3 Å². The van der Waals surface area contributed by atoms with Crippen molar-refractivity contribution in [2.45, 2.75) is 13.3 Å². The Morgan fingerprint density at radius 2 is 2.15 bits per heavy atom. The zero-order valence-electron chi connectivity index (χ0n) is 10.9. The first-order valence-corrected chi connectivity index (χ1v) is 6.96. The molecule has 2 aromatic rings. The zero-order chi connectivity index (χ0) is 14.5. The van der Waals surface area contributed by atoms with E-state index in [0.717, 1.165) is 5.56 Å². The number of hydrogen-bond donors (Lipinski definition) is 1. The highest BCUT2D eigenvalue weighted by Crippen LogP contribution is 2.21. The fourth-order valence-electron chi connectivity index (χ4n) is 1.80. The fourth-order valence-corrected chi connectivity index (χ4v) is 2.48. The minimum Gasteiger partial charge on any atom is -0.481 e. The first-order chi connectivity index (χ1) is 9.59. The number of thiophene rings is 1. The monoisotopic (exact) mass is 290 g/mol. The zero-order valence-corrected chi connectivity index (χ0v) is 11.8. The predicted molar refractivity (Wildman–Crippen MR) is 77.2 cm³/mol. The third-order valence-corrected chi connectivity index (χ3v) is 3.62. The van der Waals surface area contributed by atoms with Gasteiger partial charge in [0.15, 0.2) is 0 Å². The Labute approximate surface area is 120 Å². The molecule has 0 spiro atoms. The van der Waals surface area contributed by atoms with E-state index in [-0.39, 0.29) is 18.9 Å². The maximum atomic E-state index is 12.5. The number of pyridine rings is 1. The number of hydrogen-bond acceptors (Lipinski definition) is 4. The van der Waals surface area contributed by atoms with Crippen molar-refractivity contribution in [3.63, 3.8) is 0 Å². The Morgan fingerprint density at radius 3 is 2.75 bits per heavy atom. The van der Waals surface area contributed by atoms with Gasteiger partial charge in [-0.05, 0) is 30.0 Å². The Hall–Kier alpha value is -2.21. The number of aromatic nitrogens is 1. The average Bonchev–Trinajstić information content (AvgIpc) is 2.94. The molecule has 0 aliphatic carbocycles. The van der Waals surface area contributed by atoms with E-state index < -0.39 is 5.97 Å². The molecule has 104 valence electrons. The summed E-state index contributed by atoms with van der Waals surface area (Å²) in [6.45, 7) is 1.95. The Morgan fingerprint density at radius 1 is 1.35 bits per heavy atom. The molecule has 0 radical (unpaired) electrons. The molecule has 6 heteroatoms. The molecule has 1 amide bonds. The van der Waals surface area contributed by atoms with Crippen LogP contribution in [0.25, 0.3) is 0 Å². The normalized spacial score (nSPS) is 10.2. The summed E-state index contributed by atoms with van der Waals surface area (Å²) in [6.07, 6.45) is 1.48. The topological polar surface area (TPSA) is 70.5 Å². The Bertz CT molecular complexity index is 611. The van der Waals surface area contributed by atoms with Gasteiger partial charge in [0, 0.05) is 12.7 Å². The highest BCUT2D eigenvalue weighted by Gasteiger charge is 2.21. The van der Waals surface area contributed by atoms with Crippen LogP contribution in [0.3, 0.4) is 0 Å². The van der Waals surface area contributed by atoms with Crippen molar-refractivity contribution in [2.75, 3.05) is 11.4 Å². The molecule has 2 rings (SSSR count).